The van der Waals surface area contributed by atoms with Crippen LogP contribution >= 0.6 is 47.2 Å². The fourth-order valence-corrected chi connectivity index (χ4v) is 2.23. The van der Waals surface area contributed by atoms with Gasteiger partial charge in [-0.2, -0.15) is 0 Å². The lowest BCUT2D eigenvalue weighted by molar-refractivity contribution is 0.399. The first-order valence-electron chi connectivity index (χ1n) is 7.13. The van der Waals surface area contributed by atoms with Crippen molar-refractivity contribution in [3.05, 3.63) is 33.8 Å². The van der Waals surface area contributed by atoms with E-state index >= 15 is 0 Å². The molecule has 0 unspecified atom stereocenters. The Balaban J connectivity index is 0.00000441. The van der Waals surface area contributed by atoms with Gasteiger partial charge in [0, 0.05) is 23.1 Å². The Labute approximate surface area is 160 Å². The third-order valence-corrected chi connectivity index (χ3v) is 3.43. The summed E-state index contributed by atoms with van der Waals surface area (Å²) in [6.07, 6.45) is 1.07. The van der Waals surface area contributed by atoms with Crippen LogP contribution in [0.4, 0.5) is 0 Å². The molecule has 2 N–H and O–H groups in total. The van der Waals surface area contributed by atoms with Crippen LogP contribution in [0.5, 0.6) is 0 Å². The van der Waals surface area contributed by atoms with Crippen LogP contribution in [-0.2, 0) is 6.54 Å². The van der Waals surface area contributed by atoms with Gasteiger partial charge >= 0.3 is 0 Å². The van der Waals surface area contributed by atoms with E-state index in [2.05, 4.69) is 34.6 Å². The Kier molecular flexibility index (Phi) is 12.1. The molecule has 0 saturated carbocycles. The molecule has 4 nitrogen and oxygen atoms in total. The molecule has 126 valence electrons. The van der Waals surface area contributed by atoms with Gasteiger partial charge in [-0.1, -0.05) is 29.3 Å². The molecule has 0 aliphatic heterocycles. The molecule has 0 aliphatic rings. The maximum atomic E-state index is 6.15. The Hall–Kier alpha value is -0.240. The molecule has 0 saturated heterocycles. The number of rotatable bonds is 7. The molecule has 0 heterocycles. The molecule has 7 heteroatoms. The Morgan fingerprint density at radius 3 is 2.55 bits per heavy atom. The number of halogens is 3. The minimum Gasteiger partial charge on any atom is -0.357 e. The summed E-state index contributed by atoms with van der Waals surface area (Å²) < 4.78 is 0. The van der Waals surface area contributed by atoms with Crippen molar-refractivity contribution in [2.45, 2.75) is 19.9 Å². The topological polar surface area (TPSA) is 39.7 Å². The molecule has 1 aromatic rings. The first-order chi connectivity index (χ1) is 10.0. The number of hydrogen-bond donors (Lipinski definition) is 2. The lowest BCUT2D eigenvalue weighted by Gasteiger charge is -2.13. The van der Waals surface area contributed by atoms with Crippen molar-refractivity contribution >= 4 is 53.1 Å². The van der Waals surface area contributed by atoms with Crippen molar-refractivity contribution in [1.29, 1.82) is 0 Å². The molecular formula is C15H25Cl2IN4. The lowest BCUT2D eigenvalue weighted by atomic mass is 10.2. The molecule has 0 amide bonds. The van der Waals surface area contributed by atoms with Gasteiger partial charge in [-0.3, -0.25) is 0 Å². The predicted octanol–water partition coefficient (Wildman–Crippen LogP) is 3.62. The van der Waals surface area contributed by atoms with E-state index in [1.54, 1.807) is 6.07 Å². The van der Waals surface area contributed by atoms with Crippen LogP contribution in [0.25, 0.3) is 0 Å². The highest BCUT2D eigenvalue weighted by Crippen LogP contribution is 2.21. The van der Waals surface area contributed by atoms with Gasteiger partial charge in [-0.05, 0) is 51.7 Å². The van der Waals surface area contributed by atoms with Gasteiger partial charge in [-0.15, -0.1) is 24.0 Å². The second-order valence-electron chi connectivity index (χ2n) is 5.01. The van der Waals surface area contributed by atoms with Crippen molar-refractivity contribution in [2.24, 2.45) is 4.99 Å². The maximum absolute atomic E-state index is 6.15. The van der Waals surface area contributed by atoms with Crippen LogP contribution < -0.4 is 10.6 Å². The van der Waals surface area contributed by atoms with Crippen LogP contribution in [0.2, 0.25) is 10.0 Å². The summed E-state index contributed by atoms with van der Waals surface area (Å²) in [5.41, 5.74) is 0.964. The molecule has 0 aromatic heterocycles. The molecule has 0 radical (unpaired) electrons. The first kappa shape index (κ1) is 21.8. The average Bonchev–Trinajstić information content (AvgIpc) is 2.42. The minimum absolute atomic E-state index is 0. The van der Waals surface area contributed by atoms with Crippen LogP contribution in [0.3, 0.4) is 0 Å². The molecular weight excluding hydrogens is 434 g/mol. The summed E-state index contributed by atoms with van der Waals surface area (Å²) >= 11 is 12.0. The quantitative estimate of drug-likeness (QED) is 0.283. The number of benzene rings is 1. The number of nitrogens with zero attached hydrogens (tertiary/aromatic N) is 2. The maximum Gasteiger partial charge on any atom is 0.191 e. The van der Waals surface area contributed by atoms with Crippen LogP contribution in [0.15, 0.2) is 23.2 Å². The number of nitrogens with one attached hydrogen (secondary N) is 2. The van der Waals surface area contributed by atoms with E-state index in [1.165, 1.54) is 0 Å². The van der Waals surface area contributed by atoms with E-state index in [-0.39, 0.29) is 24.0 Å². The lowest BCUT2D eigenvalue weighted by Crippen LogP contribution is -2.38. The summed E-state index contributed by atoms with van der Waals surface area (Å²) in [4.78, 5) is 6.71. The fraction of sp³-hybridized carbons (Fsp3) is 0.533. The van der Waals surface area contributed by atoms with Crippen LogP contribution in [0, 0.1) is 0 Å². The predicted molar refractivity (Wildman–Crippen MR) is 108 cm³/mol. The van der Waals surface area contributed by atoms with Crippen molar-refractivity contribution < 1.29 is 0 Å². The van der Waals surface area contributed by atoms with Gasteiger partial charge in [0.2, 0.25) is 0 Å². The SMILES string of the molecule is CCNC(=NCc1ccc(Cl)cc1Cl)NCCCN(C)C.I. The van der Waals surface area contributed by atoms with Gasteiger partial charge in [0.15, 0.2) is 5.96 Å². The smallest absolute Gasteiger partial charge is 0.191 e. The normalized spacial score (nSPS) is 11.3. The van der Waals surface area contributed by atoms with E-state index in [9.17, 15) is 0 Å². The van der Waals surface area contributed by atoms with Gasteiger partial charge in [0.05, 0.1) is 6.54 Å². The van der Waals surface area contributed by atoms with Crippen molar-refractivity contribution in [3.63, 3.8) is 0 Å². The second kappa shape index (κ2) is 12.2. The standard InChI is InChI=1S/C15H24Cl2N4.HI/c1-4-18-15(19-8-5-9-21(2)3)20-11-12-6-7-13(16)10-14(12)17;/h6-7,10H,4-5,8-9,11H2,1-3H3,(H2,18,19,20);1H. The van der Waals surface area contributed by atoms with Gasteiger partial charge < -0.3 is 15.5 Å². The van der Waals surface area contributed by atoms with Crippen molar-refractivity contribution in [3.8, 4) is 0 Å². The molecule has 0 aliphatic carbocycles. The monoisotopic (exact) mass is 458 g/mol. The molecule has 1 rings (SSSR count). The highest BCUT2D eigenvalue weighted by Gasteiger charge is 2.02. The summed E-state index contributed by atoms with van der Waals surface area (Å²) in [5.74, 6) is 0.808. The zero-order valence-corrected chi connectivity index (χ0v) is 17.2. The van der Waals surface area contributed by atoms with E-state index in [1.807, 2.05) is 19.1 Å². The summed E-state index contributed by atoms with van der Waals surface area (Å²) in [5, 5.41) is 7.84. The van der Waals surface area contributed by atoms with E-state index < -0.39 is 0 Å². The summed E-state index contributed by atoms with van der Waals surface area (Å²) in [7, 11) is 4.14. The molecule has 0 fully saturated rings. The summed E-state index contributed by atoms with van der Waals surface area (Å²) in [6, 6.07) is 5.48. The van der Waals surface area contributed by atoms with Gasteiger partial charge in [0.1, 0.15) is 0 Å². The number of hydrogen-bond acceptors (Lipinski definition) is 2. The summed E-state index contributed by atoms with van der Waals surface area (Å²) in [6.45, 7) is 5.34. The zero-order chi connectivity index (χ0) is 15.7. The van der Waals surface area contributed by atoms with E-state index in [0.717, 1.165) is 37.6 Å². The molecule has 0 atom stereocenters. The third-order valence-electron chi connectivity index (χ3n) is 2.84. The second-order valence-corrected chi connectivity index (χ2v) is 5.86. The number of guanidine groups is 1. The van der Waals surface area contributed by atoms with E-state index in [4.69, 9.17) is 23.2 Å². The van der Waals surface area contributed by atoms with Crippen LogP contribution in [-0.4, -0.2) is 44.6 Å². The van der Waals surface area contributed by atoms with Crippen molar-refractivity contribution in [1.82, 2.24) is 15.5 Å². The number of aliphatic imine (C=N–C) groups is 1. The Morgan fingerprint density at radius 1 is 1.23 bits per heavy atom. The first-order valence-corrected chi connectivity index (χ1v) is 7.89. The molecule has 22 heavy (non-hydrogen) atoms. The average molecular weight is 459 g/mol. The minimum atomic E-state index is 0. The van der Waals surface area contributed by atoms with Gasteiger partial charge in [-0.25, -0.2) is 4.99 Å². The van der Waals surface area contributed by atoms with E-state index in [0.29, 0.717) is 16.6 Å². The highest BCUT2D eigenvalue weighted by atomic mass is 127. The Morgan fingerprint density at radius 2 is 1.95 bits per heavy atom. The third kappa shape index (κ3) is 9.02. The van der Waals surface area contributed by atoms with Gasteiger partial charge in [0.25, 0.3) is 0 Å². The highest BCUT2D eigenvalue weighted by molar-refractivity contribution is 14.0. The largest absolute Gasteiger partial charge is 0.357 e. The van der Waals surface area contributed by atoms with Crippen molar-refractivity contribution in [2.75, 3.05) is 33.7 Å². The Bertz CT molecular complexity index is 467. The fourth-order valence-electron chi connectivity index (χ4n) is 1.76. The zero-order valence-electron chi connectivity index (χ0n) is 13.3. The molecule has 0 bridgehead atoms. The molecule has 0 spiro atoms. The molecule has 1 aromatic carbocycles. The van der Waals surface area contributed by atoms with Crippen LogP contribution in [0.1, 0.15) is 18.9 Å².